The van der Waals surface area contributed by atoms with Crippen LogP contribution in [0.1, 0.15) is 73.6 Å². The number of rotatable bonds is 5. The van der Waals surface area contributed by atoms with E-state index in [9.17, 15) is 4.79 Å². The van der Waals surface area contributed by atoms with Crippen LogP contribution >= 0.6 is 0 Å². The predicted octanol–water partition coefficient (Wildman–Crippen LogP) is 3.64. The van der Waals surface area contributed by atoms with Crippen LogP contribution in [0.3, 0.4) is 0 Å². The summed E-state index contributed by atoms with van der Waals surface area (Å²) in [6, 6.07) is 2.18. The molecule has 2 rings (SSSR count). The van der Waals surface area contributed by atoms with Crippen LogP contribution in [0.2, 0.25) is 0 Å². The van der Waals surface area contributed by atoms with Gasteiger partial charge >= 0.3 is 0 Å². The second-order valence-electron chi connectivity index (χ2n) is 6.20. The van der Waals surface area contributed by atoms with Crippen LogP contribution in [0.5, 0.6) is 0 Å². The molecule has 0 saturated heterocycles. The van der Waals surface area contributed by atoms with Crippen LogP contribution in [-0.4, -0.2) is 25.7 Å². The third-order valence-electron chi connectivity index (χ3n) is 3.90. The summed E-state index contributed by atoms with van der Waals surface area (Å²) in [5.41, 5.74) is 2.29. The molecule has 2 aromatic rings. The standard InChI is InChI=1S/C17H25N5O/c1-7-11(4)22-12(5)8-15(21-22)20-17(23)14-9-18-13(6)19-16(14)10(2)3/h8-11H,7H2,1-6H3,(H,20,21,23). The Kier molecular flexibility index (Phi) is 5.13. The summed E-state index contributed by atoms with van der Waals surface area (Å²) in [5, 5.41) is 7.34. The van der Waals surface area contributed by atoms with E-state index in [-0.39, 0.29) is 11.8 Å². The van der Waals surface area contributed by atoms with Gasteiger partial charge in [-0.2, -0.15) is 5.10 Å². The van der Waals surface area contributed by atoms with Gasteiger partial charge in [-0.1, -0.05) is 20.8 Å². The van der Waals surface area contributed by atoms with Gasteiger partial charge in [0.05, 0.1) is 11.3 Å². The fourth-order valence-corrected chi connectivity index (χ4v) is 2.45. The number of aryl methyl sites for hydroxylation is 2. The Hall–Kier alpha value is -2.24. The second-order valence-corrected chi connectivity index (χ2v) is 6.20. The van der Waals surface area contributed by atoms with Crippen molar-refractivity contribution in [2.24, 2.45) is 0 Å². The van der Waals surface area contributed by atoms with Gasteiger partial charge in [0.25, 0.3) is 5.91 Å². The third kappa shape index (κ3) is 3.75. The topological polar surface area (TPSA) is 72.7 Å². The molecule has 0 radical (unpaired) electrons. The smallest absolute Gasteiger partial charge is 0.260 e. The minimum atomic E-state index is -0.220. The van der Waals surface area contributed by atoms with Crippen molar-refractivity contribution in [1.82, 2.24) is 19.7 Å². The summed E-state index contributed by atoms with van der Waals surface area (Å²) in [5.74, 6) is 1.16. The maximum Gasteiger partial charge on any atom is 0.260 e. The number of carbonyl (C=O) groups is 1. The van der Waals surface area contributed by atoms with Crippen molar-refractivity contribution >= 4 is 11.7 Å². The monoisotopic (exact) mass is 315 g/mol. The summed E-state index contributed by atoms with van der Waals surface area (Å²) in [6.07, 6.45) is 2.57. The minimum absolute atomic E-state index is 0.150. The first-order valence-electron chi connectivity index (χ1n) is 8.04. The van der Waals surface area contributed by atoms with E-state index in [1.807, 2.05) is 38.4 Å². The van der Waals surface area contributed by atoms with Gasteiger partial charge in [0, 0.05) is 24.0 Å². The summed E-state index contributed by atoms with van der Waals surface area (Å²) >= 11 is 0. The lowest BCUT2D eigenvalue weighted by atomic mass is 10.0. The molecular weight excluding hydrogens is 290 g/mol. The largest absolute Gasteiger partial charge is 0.305 e. The lowest BCUT2D eigenvalue weighted by Crippen LogP contribution is -2.18. The lowest BCUT2D eigenvalue weighted by Gasteiger charge is -2.12. The molecule has 6 heteroatoms. The van der Waals surface area contributed by atoms with Crippen molar-refractivity contribution in [2.75, 3.05) is 5.32 Å². The highest BCUT2D eigenvalue weighted by molar-refractivity contribution is 6.04. The van der Waals surface area contributed by atoms with Gasteiger partial charge in [-0.05, 0) is 33.1 Å². The van der Waals surface area contributed by atoms with Crippen molar-refractivity contribution in [3.05, 3.63) is 35.0 Å². The molecule has 2 aromatic heterocycles. The van der Waals surface area contributed by atoms with Gasteiger partial charge in [-0.3, -0.25) is 9.48 Å². The van der Waals surface area contributed by atoms with E-state index in [0.717, 1.165) is 17.8 Å². The summed E-state index contributed by atoms with van der Waals surface area (Å²) in [4.78, 5) is 21.1. The first kappa shape index (κ1) is 17.1. The number of nitrogens with zero attached hydrogens (tertiary/aromatic N) is 4. The van der Waals surface area contributed by atoms with Gasteiger partial charge in [-0.25, -0.2) is 9.97 Å². The Morgan fingerprint density at radius 3 is 2.61 bits per heavy atom. The van der Waals surface area contributed by atoms with Crippen LogP contribution in [-0.2, 0) is 0 Å². The van der Waals surface area contributed by atoms with E-state index in [1.54, 1.807) is 6.20 Å². The van der Waals surface area contributed by atoms with Crippen LogP contribution in [0.25, 0.3) is 0 Å². The average molecular weight is 315 g/mol. The maximum atomic E-state index is 12.6. The molecule has 2 heterocycles. The molecule has 0 spiro atoms. The Labute approximate surface area is 137 Å². The molecule has 1 unspecified atom stereocenters. The van der Waals surface area contributed by atoms with Crippen LogP contribution < -0.4 is 5.32 Å². The van der Waals surface area contributed by atoms with Crippen LogP contribution in [0, 0.1) is 13.8 Å². The zero-order valence-electron chi connectivity index (χ0n) is 14.7. The average Bonchev–Trinajstić information content (AvgIpc) is 2.86. The molecule has 1 N–H and O–H groups in total. The van der Waals surface area contributed by atoms with Gasteiger partial charge in [0.1, 0.15) is 5.82 Å². The molecule has 0 aliphatic carbocycles. The van der Waals surface area contributed by atoms with Gasteiger partial charge in [-0.15, -0.1) is 0 Å². The highest BCUT2D eigenvalue weighted by Crippen LogP contribution is 2.20. The molecule has 0 saturated carbocycles. The quantitative estimate of drug-likeness (QED) is 0.914. The Balaban J connectivity index is 2.26. The number of anilines is 1. The fraction of sp³-hybridized carbons (Fsp3) is 0.529. The zero-order chi connectivity index (χ0) is 17.1. The van der Waals surface area contributed by atoms with E-state index in [0.29, 0.717) is 23.2 Å². The van der Waals surface area contributed by atoms with E-state index >= 15 is 0 Å². The number of amides is 1. The predicted molar refractivity (Wildman–Crippen MR) is 90.8 cm³/mol. The molecule has 1 amide bonds. The zero-order valence-corrected chi connectivity index (χ0v) is 14.7. The number of hydrogen-bond donors (Lipinski definition) is 1. The highest BCUT2D eigenvalue weighted by atomic mass is 16.1. The molecule has 1 atom stereocenters. The molecule has 124 valence electrons. The molecule has 0 bridgehead atoms. The van der Waals surface area contributed by atoms with Crippen molar-refractivity contribution in [1.29, 1.82) is 0 Å². The molecule has 0 fully saturated rings. The summed E-state index contributed by atoms with van der Waals surface area (Å²) < 4.78 is 1.94. The van der Waals surface area contributed by atoms with Crippen LogP contribution in [0.4, 0.5) is 5.82 Å². The molecule has 0 aliphatic rings. The number of aromatic nitrogens is 4. The summed E-state index contributed by atoms with van der Waals surface area (Å²) in [7, 11) is 0. The molecule has 0 aliphatic heterocycles. The normalized spacial score (nSPS) is 12.5. The van der Waals surface area contributed by atoms with E-state index < -0.39 is 0 Å². The van der Waals surface area contributed by atoms with Gasteiger partial charge in [0.15, 0.2) is 5.82 Å². The molecule has 23 heavy (non-hydrogen) atoms. The Morgan fingerprint density at radius 1 is 1.30 bits per heavy atom. The SMILES string of the molecule is CCC(C)n1nc(NC(=O)c2cnc(C)nc2C(C)C)cc1C. The van der Waals surface area contributed by atoms with E-state index in [2.05, 4.69) is 34.2 Å². The first-order valence-corrected chi connectivity index (χ1v) is 8.04. The van der Waals surface area contributed by atoms with Gasteiger partial charge in [0.2, 0.25) is 0 Å². The highest BCUT2D eigenvalue weighted by Gasteiger charge is 2.18. The third-order valence-corrected chi connectivity index (χ3v) is 3.90. The number of carbonyl (C=O) groups excluding carboxylic acids is 1. The Morgan fingerprint density at radius 2 is 2.00 bits per heavy atom. The number of hydrogen-bond acceptors (Lipinski definition) is 4. The van der Waals surface area contributed by atoms with Crippen LogP contribution in [0.15, 0.2) is 12.3 Å². The van der Waals surface area contributed by atoms with Crippen molar-refractivity contribution < 1.29 is 4.79 Å². The first-order chi connectivity index (χ1) is 10.8. The molecular formula is C17H25N5O. The van der Waals surface area contributed by atoms with Gasteiger partial charge < -0.3 is 5.32 Å². The maximum absolute atomic E-state index is 12.6. The van der Waals surface area contributed by atoms with E-state index in [1.165, 1.54) is 0 Å². The summed E-state index contributed by atoms with van der Waals surface area (Å²) in [6.45, 7) is 12.1. The van der Waals surface area contributed by atoms with E-state index in [4.69, 9.17) is 0 Å². The Bertz CT molecular complexity index is 705. The second kappa shape index (κ2) is 6.89. The van der Waals surface area contributed by atoms with Crippen molar-refractivity contribution in [3.63, 3.8) is 0 Å². The lowest BCUT2D eigenvalue weighted by molar-refractivity contribution is 0.102. The number of nitrogens with one attached hydrogen (secondary N) is 1. The fourth-order valence-electron chi connectivity index (χ4n) is 2.45. The minimum Gasteiger partial charge on any atom is -0.305 e. The van der Waals surface area contributed by atoms with Crippen molar-refractivity contribution in [2.45, 2.75) is 59.9 Å². The van der Waals surface area contributed by atoms with Crippen molar-refractivity contribution in [3.8, 4) is 0 Å². The molecule has 6 nitrogen and oxygen atoms in total. The molecule has 0 aromatic carbocycles.